The smallest absolute Gasteiger partial charge is 0.104 e. The molecule has 1 aliphatic heterocycles. The molecule has 0 saturated carbocycles. The Morgan fingerprint density at radius 2 is 2.00 bits per heavy atom. The largest absolute Gasteiger partial charge is 0.336 e. The summed E-state index contributed by atoms with van der Waals surface area (Å²) >= 11 is 0. The van der Waals surface area contributed by atoms with Gasteiger partial charge in [0.05, 0.1) is 10.6 Å². The molecule has 1 aromatic carbocycles. The Kier molecular flexibility index (Phi) is 2.00. The number of hydrogen-bond donors (Lipinski definition) is 0. The fraction of sp³-hybridized carbons (Fsp3) is 0.273. The molecular formula is C11H13NOS. The summed E-state index contributed by atoms with van der Waals surface area (Å²) in [6.07, 6.45) is 0. The Labute approximate surface area is 86.7 Å². The minimum absolute atomic E-state index is 0.675. The molecule has 74 valence electrons. The van der Waals surface area contributed by atoms with Gasteiger partial charge in [-0.1, -0.05) is 12.6 Å². The first-order valence-corrected chi connectivity index (χ1v) is 5.63. The molecule has 0 fully saturated rings. The van der Waals surface area contributed by atoms with E-state index in [-0.39, 0.29) is 0 Å². The highest BCUT2D eigenvalue weighted by Crippen LogP contribution is 2.38. The van der Waals surface area contributed by atoms with Gasteiger partial charge in [0.2, 0.25) is 0 Å². The van der Waals surface area contributed by atoms with Crippen LogP contribution in [0.3, 0.4) is 0 Å². The van der Waals surface area contributed by atoms with E-state index in [1.165, 1.54) is 5.56 Å². The molecule has 0 aliphatic carbocycles. The summed E-state index contributed by atoms with van der Waals surface area (Å²) in [4.78, 5) is 2.83. The van der Waals surface area contributed by atoms with Crippen molar-refractivity contribution < 1.29 is 4.21 Å². The highest BCUT2D eigenvalue weighted by atomic mass is 32.2. The maximum Gasteiger partial charge on any atom is 0.104 e. The van der Waals surface area contributed by atoms with Gasteiger partial charge in [0.25, 0.3) is 0 Å². The zero-order chi connectivity index (χ0) is 10.5. The summed E-state index contributed by atoms with van der Waals surface area (Å²) in [7, 11) is 0.847. The molecule has 2 rings (SSSR count). The van der Waals surface area contributed by atoms with Gasteiger partial charge < -0.3 is 4.90 Å². The van der Waals surface area contributed by atoms with Gasteiger partial charge >= 0.3 is 0 Å². The summed E-state index contributed by atoms with van der Waals surface area (Å²) in [5.74, 6) is 0. The summed E-state index contributed by atoms with van der Waals surface area (Å²) in [6.45, 7) is 7.87. The quantitative estimate of drug-likeness (QED) is 0.650. The maximum absolute atomic E-state index is 11.9. The first-order chi connectivity index (χ1) is 6.52. The molecule has 0 spiro atoms. The summed E-state index contributed by atoms with van der Waals surface area (Å²) < 4.78 is 11.9. The second-order valence-corrected chi connectivity index (χ2v) is 5.07. The van der Waals surface area contributed by atoms with Crippen molar-refractivity contribution in [2.24, 2.45) is 0 Å². The van der Waals surface area contributed by atoms with Crippen LogP contribution in [0.2, 0.25) is 0 Å². The molecule has 0 bridgehead atoms. The Bertz CT molecular complexity index is 451. The van der Waals surface area contributed by atoms with E-state index in [2.05, 4.69) is 18.7 Å². The molecule has 1 heterocycles. The Morgan fingerprint density at radius 3 is 2.64 bits per heavy atom. The predicted octanol–water partition coefficient (Wildman–Crippen LogP) is 2.33. The normalized spacial score (nSPS) is 20.1. The van der Waals surface area contributed by atoms with Crippen LogP contribution in [0.4, 0.5) is 5.69 Å². The molecule has 0 aromatic heterocycles. The van der Waals surface area contributed by atoms with Crippen LogP contribution in [-0.4, -0.2) is 11.3 Å². The van der Waals surface area contributed by atoms with E-state index < -0.39 is 10.8 Å². The number of aryl methyl sites for hydroxylation is 2. The van der Waals surface area contributed by atoms with Crippen molar-refractivity contribution in [2.45, 2.75) is 18.7 Å². The Hall–Kier alpha value is -1.09. The summed E-state index contributed by atoms with van der Waals surface area (Å²) in [6, 6.07) is 4.11. The maximum atomic E-state index is 11.9. The molecule has 0 saturated heterocycles. The zero-order valence-electron chi connectivity index (χ0n) is 8.63. The van der Waals surface area contributed by atoms with Crippen molar-refractivity contribution in [3.8, 4) is 0 Å². The zero-order valence-corrected chi connectivity index (χ0v) is 9.44. The lowest BCUT2D eigenvalue weighted by atomic mass is 10.1. The van der Waals surface area contributed by atoms with Crippen LogP contribution in [0.1, 0.15) is 11.1 Å². The molecule has 1 aromatic rings. The number of nitrogens with zero attached hydrogens (tertiary/aromatic N) is 1. The van der Waals surface area contributed by atoms with E-state index in [4.69, 9.17) is 0 Å². The van der Waals surface area contributed by atoms with Gasteiger partial charge in [-0.3, -0.25) is 0 Å². The average molecular weight is 207 g/mol. The van der Waals surface area contributed by atoms with E-state index in [0.717, 1.165) is 16.1 Å². The number of benzene rings is 1. The lowest BCUT2D eigenvalue weighted by molar-refractivity contribution is 0.688. The van der Waals surface area contributed by atoms with E-state index in [9.17, 15) is 4.21 Å². The van der Waals surface area contributed by atoms with Gasteiger partial charge in [-0.25, -0.2) is 4.21 Å². The second kappa shape index (κ2) is 2.95. The van der Waals surface area contributed by atoms with Crippen molar-refractivity contribution in [3.05, 3.63) is 34.9 Å². The van der Waals surface area contributed by atoms with E-state index in [1.807, 2.05) is 25.8 Å². The topological polar surface area (TPSA) is 20.3 Å². The molecule has 1 aliphatic rings. The van der Waals surface area contributed by atoms with Crippen molar-refractivity contribution in [3.63, 3.8) is 0 Å². The lowest BCUT2D eigenvalue weighted by Gasteiger charge is -2.12. The summed E-state index contributed by atoms with van der Waals surface area (Å²) in [5.41, 5.74) is 3.31. The molecule has 3 heteroatoms. The second-order valence-electron chi connectivity index (χ2n) is 3.65. The molecule has 1 unspecified atom stereocenters. The van der Waals surface area contributed by atoms with Crippen LogP contribution >= 0.6 is 0 Å². The number of fused-ring (bicyclic) bond motifs is 1. The third kappa shape index (κ3) is 1.12. The average Bonchev–Trinajstić information content (AvgIpc) is 2.31. The van der Waals surface area contributed by atoms with Crippen LogP contribution in [0, 0.1) is 13.8 Å². The Balaban J connectivity index is 2.75. The highest BCUT2D eigenvalue weighted by molar-refractivity contribution is 7.89. The standard InChI is InChI=1S/C11H13NOS/c1-7-5-8(2)11-10(6-7)12(4)9(3)14(11)13/h5-6H,3H2,1-2,4H3. The minimum atomic E-state index is -1.06. The Morgan fingerprint density at radius 1 is 1.36 bits per heavy atom. The molecule has 1 atom stereocenters. The van der Waals surface area contributed by atoms with Crippen molar-refractivity contribution in [1.82, 2.24) is 0 Å². The molecule has 0 amide bonds. The van der Waals surface area contributed by atoms with Crippen molar-refractivity contribution >= 4 is 16.5 Å². The van der Waals surface area contributed by atoms with Crippen LogP contribution in [-0.2, 0) is 10.8 Å². The molecule has 14 heavy (non-hydrogen) atoms. The third-order valence-electron chi connectivity index (χ3n) is 2.53. The third-order valence-corrected chi connectivity index (χ3v) is 4.14. The van der Waals surface area contributed by atoms with Gasteiger partial charge in [0.15, 0.2) is 0 Å². The van der Waals surface area contributed by atoms with Gasteiger partial charge in [-0.15, -0.1) is 0 Å². The molecule has 0 N–H and O–H groups in total. The van der Waals surface area contributed by atoms with Crippen molar-refractivity contribution in [1.29, 1.82) is 0 Å². The van der Waals surface area contributed by atoms with Gasteiger partial charge in [-0.05, 0) is 31.0 Å². The molecule has 2 nitrogen and oxygen atoms in total. The van der Waals surface area contributed by atoms with Crippen molar-refractivity contribution in [2.75, 3.05) is 11.9 Å². The summed E-state index contributed by atoms with van der Waals surface area (Å²) in [5, 5.41) is 0.675. The van der Waals surface area contributed by atoms with Gasteiger partial charge in [0.1, 0.15) is 15.8 Å². The first kappa shape index (κ1) is 9.46. The molecule has 0 radical (unpaired) electrons. The number of anilines is 1. The van der Waals surface area contributed by atoms with Gasteiger partial charge in [-0.2, -0.15) is 0 Å². The minimum Gasteiger partial charge on any atom is -0.336 e. The van der Waals surface area contributed by atoms with Crippen LogP contribution in [0.15, 0.2) is 28.6 Å². The van der Waals surface area contributed by atoms with E-state index in [1.54, 1.807) is 0 Å². The fourth-order valence-corrected chi connectivity index (χ4v) is 3.12. The fourth-order valence-electron chi connectivity index (χ4n) is 1.80. The van der Waals surface area contributed by atoms with Gasteiger partial charge in [0, 0.05) is 7.05 Å². The SMILES string of the molecule is C=C1N(C)c2cc(C)cc(C)c2S1=O. The monoisotopic (exact) mass is 207 g/mol. The molecular weight excluding hydrogens is 194 g/mol. The van der Waals surface area contributed by atoms with Crippen LogP contribution in [0.25, 0.3) is 0 Å². The highest BCUT2D eigenvalue weighted by Gasteiger charge is 2.28. The van der Waals surface area contributed by atoms with Crippen LogP contribution in [0.5, 0.6) is 0 Å². The van der Waals surface area contributed by atoms with Crippen LogP contribution < -0.4 is 4.90 Å². The number of hydrogen-bond acceptors (Lipinski definition) is 2. The lowest BCUT2D eigenvalue weighted by Crippen LogP contribution is -2.10. The predicted molar refractivity (Wildman–Crippen MR) is 59.9 cm³/mol. The number of rotatable bonds is 0. The van der Waals surface area contributed by atoms with E-state index in [0.29, 0.717) is 5.03 Å². The first-order valence-electron chi connectivity index (χ1n) is 4.48. The van der Waals surface area contributed by atoms with E-state index >= 15 is 0 Å².